The molecule has 0 aliphatic rings. The summed E-state index contributed by atoms with van der Waals surface area (Å²) in [6, 6.07) is 4.60. The van der Waals surface area contributed by atoms with E-state index in [1.54, 1.807) is 13.0 Å². The minimum Gasteiger partial charge on any atom is -0.496 e. The molecular formula is C11H17NO4S. The number of rotatable bonds is 5. The molecule has 0 fully saturated rings. The van der Waals surface area contributed by atoms with Crippen LogP contribution in [0.3, 0.4) is 0 Å². The summed E-state index contributed by atoms with van der Waals surface area (Å²) in [6.45, 7) is 3.28. The fourth-order valence-electron chi connectivity index (χ4n) is 1.33. The van der Waals surface area contributed by atoms with Crippen molar-refractivity contribution in [2.75, 3.05) is 13.7 Å². The molecule has 0 radical (unpaired) electrons. The van der Waals surface area contributed by atoms with Crippen LogP contribution in [0.1, 0.15) is 12.5 Å². The Morgan fingerprint density at radius 2 is 2.12 bits per heavy atom. The summed E-state index contributed by atoms with van der Waals surface area (Å²) >= 11 is 0. The normalized spacial score (nSPS) is 13.4. The smallest absolute Gasteiger partial charge is 0.240 e. The Bertz CT molecular complexity index is 482. The van der Waals surface area contributed by atoms with Crippen LogP contribution in [-0.4, -0.2) is 33.3 Å². The predicted octanol–water partition coefficient (Wildman–Crippen LogP) is 0.663. The number of benzene rings is 1. The van der Waals surface area contributed by atoms with E-state index in [-0.39, 0.29) is 11.4 Å². The van der Waals surface area contributed by atoms with E-state index in [2.05, 4.69) is 4.72 Å². The lowest BCUT2D eigenvalue weighted by Gasteiger charge is -2.10. The number of hydrogen-bond acceptors (Lipinski definition) is 4. The lowest BCUT2D eigenvalue weighted by atomic mass is 10.2. The summed E-state index contributed by atoms with van der Waals surface area (Å²) in [7, 11) is -2.04. The van der Waals surface area contributed by atoms with Crippen molar-refractivity contribution in [1.29, 1.82) is 0 Å². The summed E-state index contributed by atoms with van der Waals surface area (Å²) in [5, 5.41) is 9.05. The highest BCUT2D eigenvalue weighted by Crippen LogP contribution is 2.21. The molecule has 0 saturated carbocycles. The number of aliphatic hydroxyl groups excluding tert-OH is 1. The first kappa shape index (κ1) is 14.0. The summed E-state index contributed by atoms with van der Waals surface area (Å²) in [5.74, 6) is 0.638. The number of sulfonamides is 1. The SMILES string of the molecule is COc1ccc(S(=O)(=O)NC[C@H](C)O)cc1C. The van der Waals surface area contributed by atoms with Gasteiger partial charge in [-0.3, -0.25) is 0 Å². The van der Waals surface area contributed by atoms with Crippen molar-refractivity contribution in [2.24, 2.45) is 0 Å². The quantitative estimate of drug-likeness (QED) is 0.814. The minimum absolute atomic E-state index is 0.00654. The van der Waals surface area contributed by atoms with Gasteiger partial charge in [0.25, 0.3) is 0 Å². The second-order valence-corrected chi connectivity index (χ2v) is 5.60. The summed E-state index contributed by atoms with van der Waals surface area (Å²) < 4.78 is 31.0. The Labute approximate surface area is 101 Å². The Kier molecular flexibility index (Phi) is 4.50. The molecule has 0 heterocycles. The molecule has 0 spiro atoms. The van der Waals surface area contributed by atoms with Crippen molar-refractivity contribution in [3.63, 3.8) is 0 Å². The third-order valence-corrected chi connectivity index (χ3v) is 3.67. The average Bonchev–Trinajstić information content (AvgIpc) is 2.26. The van der Waals surface area contributed by atoms with Gasteiger partial charge in [0.05, 0.1) is 18.1 Å². The topological polar surface area (TPSA) is 75.6 Å². The first-order chi connectivity index (χ1) is 7.86. The van der Waals surface area contributed by atoms with Crippen LogP contribution in [0.2, 0.25) is 0 Å². The molecule has 0 saturated heterocycles. The van der Waals surface area contributed by atoms with Gasteiger partial charge in [-0.2, -0.15) is 0 Å². The van der Waals surface area contributed by atoms with Crippen LogP contribution in [0.25, 0.3) is 0 Å². The molecule has 1 aromatic rings. The molecule has 0 bridgehead atoms. The highest BCUT2D eigenvalue weighted by atomic mass is 32.2. The molecule has 0 aliphatic heterocycles. The van der Waals surface area contributed by atoms with Crippen LogP contribution in [-0.2, 0) is 10.0 Å². The largest absolute Gasteiger partial charge is 0.496 e. The molecule has 0 aromatic heterocycles. The summed E-state index contributed by atoms with van der Waals surface area (Å²) in [6.07, 6.45) is -0.718. The maximum atomic E-state index is 11.8. The van der Waals surface area contributed by atoms with Gasteiger partial charge in [0.2, 0.25) is 10.0 Å². The zero-order chi connectivity index (χ0) is 13.1. The van der Waals surface area contributed by atoms with Crippen LogP contribution in [0.5, 0.6) is 5.75 Å². The van der Waals surface area contributed by atoms with E-state index in [0.29, 0.717) is 5.75 Å². The van der Waals surface area contributed by atoms with E-state index in [1.807, 2.05) is 0 Å². The second kappa shape index (κ2) is 5.48. The number of aliphatic hydroxyl groups is 1. The third-order valence-electron chi connectivity index (χ3n) is 2.25. The van der Waals surface area contributed by atoms with Crippen molar-refractivity contribution >= 4 is 10.0 Å². The number of nitrogens with one attached hydrogen (secondary N) is 1. The van der Waals surface area contributed by atoms with Crippen LogP contribution >= 0.6 is 0 Å². The number of methoxy groups -OCH3 is 1. The molecular weight excluding hydrogens is 242 g/mol. The molecule has 1 atom stereocenters. The summed E-state index contributed by atoms with van der Waals surface area (Å²) in [5.41, 5.74) is 0.743. The van der Waals surface area contributed by atoms with Crippen LogP contribution in [0, 0.1) is 6.92 Å². The molecule has 0 unspecified atom stereocenters. The standard InChI is InChI=1S/C11H17NO4S/c1-8-6-10(4-5-11(8)16-3)17(14,15)12-7-9(2)13/h4-6,9,12-13H,7H2,1-3H3/t9-/m0/s1. The van der Waals surface area contributed by atoms with Crippen molar-refractivity contribution < 1.29 is 18.3 Å². The van der Waals surface area contributed by atoms with E-state index in [1.165, 1.54) is 26.2 Å². The van der Waals surface area contributed by atoms with E-state index < -0.39 is 16.1 Å². The van der Waals surface area contributed by atoms with Crippen LogP contribution in [0.15, 0.2) is 23.1 Å². The molecule has 96 valence electrons. The van der Waals surface area contributed by atoms with Crippen molar-refractivity contribution in [1.82, 2.24) is 4.72 Å². The first-order valence-corrected chi connectivity index (χ1v) is 6.67. The van der Waals surface area contributed by atoms with Gasteiger partial charge in [-0.1, -0.05) is 0 Å². The van der Waals surface area contributed by atoms with Gasteiger partial charge >= 0.3 is 0 Å². The lowest BCUT2D eigenvalue weighted by molar-refractivity contribution is 0.198. The average molecular weight is 259 g/mol. The fraction of sp³-hybridized carbons (Fsp3) is 0.455. The molecule has 17 heavy (non-hydrogen) atoms. The van der Waals surface area contributed by atoms with Crippen molar-refractivity contribution in [3.05, 3.63) is 23.8 Å². The Hall–Kier alpha value is -1.11. The van der Waals surface area contributed by atoms with Crippen molar-refractivity contribution in [2.45, 2.75) is 24.8 Å². The van der Waals surface area contributed by atoms with Gasteiger partial charge in [-0.15, -0.1) is 0 Å². The molecule has 5 nitrogen and oxygen atoms in total. The van der Waals surface area contributed by atoms with Crippen LogP contribution in [0.4, 0.5) is 0 Å². The van der Waals surface area contributed by atoms with Gasteiger partial charge in [-0.05, 0) is 37.6 Å². The Morgan fingerprint density at radius 3 is 2.59 bits per heavy atom. The Morgan fingerprint density at radius 1 is 1.47 bits per heavy atom. The third kappa shape index (κ3) is 3.69. The predicted molar refractivity (Wildman–Crippen MR) is 64.6 cm³/mol. The Balaban J connectivity index is 2.96. The minimum atomic E-state index is -3.57. The van der Waals surface area contributed by atoms with Crippen molar-refractivity contribution in [3.8, 4) is 5.75 Å². The molecule has 0 aliphatic carbocycles. The van der Waals surface area contributed by atoms with E-state index in [0.717, 1.165) is 5.56 Å². The van der Waals surface area contributed by atoms with Gasteiger partial charge in [0.15, 0.2) is 0 Å². The molecule has 2 N–H and O–H groups in total. The second-order valence-electron chi connectivity index (χ2n) is 3.83. The maximum absolute atomic E-state index is 11.8. The van der Waals surface area contributed by atoms with E-state index >= 15 is 0 Å². The molecule has 1 rings (SSSR count). The van der Waals surface area contributed by atoms with E-state index in [4.69, 9.17) is 9.84 Å². The zero-order valence-corrected chi connectivity index (χ0v) is 10.9. The fourth-order valence-corrected chi connectivity index (χ4v) is 2.54. The number of hydrogen-bond donors (Lipinski definition) is 2. The number of aryl methyl sites for hydroxylation is 1. The van der Waals surface area contributed by atoms with Gasteiger partial charge < -0.3 is 9.84 Å². The maximum Gasteiger partial charge on any atom is 0.240 e. The van der Waals surface area contributed by atoms with Gasteiger partial charge in [-0.25, -0.2) is 13.1 Å². The van der Waals surface area contributed by atoms with Gasteiger partial charge in [0.1, 0.15) is 5.75 Å². The molecule has 6 heteroatoms. The van der Waals surface area contributed by atoms with Gasteiger partial charge in [0, 0.05) is 6.54 Å². The van der Waals surface area contributed by atoms with Crippen LogP contribution < -0.4 is 9.46 Å². The zero-order valence-electron chi connectivity index (χ0n) is 10.1. The lowest BCUT2D eigenvalue weighted by Crippen LogP contribution is -2.30. The molecule has 1 aromatic carbocycles. The summed E-state index contributed by atoms with van der Waals surface area (Å²) in [4.78, 5) is 0.163. The van der Waals surface area contributed by atoms with E-state index in [9.17, 15) is 8.42 Å². The highest BCUT2D eigenvalue weighted by molar-refractivity contribution is 7.89. The highest BCUT2D eigenvalue weighted by Gasteiger charge is 2.15. The first-order valence-electron chi connectivity index (χ1n) is 5.19. The monoisotopic (exact) mass is 259 g/mol. The molecule has 0 amide bonds. The number of ether oxygens (including phenoxy) is 1.